The van der Waals surface area contributed by atoms with Gasteiger partial charge in [-0.1, -0.05) is 140 Å². The Kier molecular flexibility index (Phi) is 36.2. The van der Waals surface area contributed by atoms with E-state index >= 15 is 0 Å². The summed E-state index contributed by atoms with van der Waals surface area (Å²) in [5.74, 6) is -0.867. The molecule has 9 nitrogen and oxygen atoms in total. The van der Waals surface area contributed by atoms with Crippen LogP contribution >= 0.6 is 7.82 Å². The zero-order valence-electron chi connectivity index (χ0n) is 32.3. The third kappa shape index (κ3) is 37.5. The second kappa shape index (κ2) is 37.7. The number of rotatable bonds is 37. The van der Waals surface area contributed by atoms with Crippen LogP contribution in [-0.4, -0.2) is 49.3 Å². The van der Waals surface area contributed by atoms with Gasteiger partial charge in [0.1, 0.15) is 6.61 Å². The number of nitrogens with two attached hydrogens (primary N) is 1. The minimum Gasteiger partial charge on any atom is -0.462 e. The van der Waals surface area contributed by atoms with E-state index in [1.807, 2.05) is 0 Å². The molecular weight excluding hydrogens is 665 g/mol. The molecule has 0 aliphatic rings. The highest BCUT2D eigenvalue weighted by Crippen LogP contribution is 2.43. The lowest BCUT2D eigenvalue weighted by molar-refractivity contribution is -0.161. The summed E-state index contributed by atoms with van der Waals surface area (Å²) in [6.45, 7) is 3.64. The standard InChI is InChI=1S/C41H74NO8P/c1-3-5-7-9-11-13-15-17-19-21-23-25-27-29-31-33-40(43)47-37-39(38-49-51(45,46)48-36-35-42)50-41(44)34-32-30-28-26-24-22-20-18-16-14-12-10-8-6-4-2/h13-20,39H,3-12,21-38,42H2,1-2H3,(H,45,46)/b15-13+,16-14+,19-17+,20-18+/t39-/m1/s1. The van der Waals surface area contributed by atoms with Crippen LogP contribution in [0.5, 0.6) is 0 Å². The van der Waals surface area contributed by atoms with Crippen molar-refractivity contribution < 1.29 is 37.6 Å². The van der Waals surface area contributed by atoms with Gasteiger partial charge in [-0.25, -0.2) is 4.57 Å². The van der Waals surface area contributed by atoms with E-state index < -0.39 is 32.5 Å². The topological polar surface area (TPSA) is 134 Å². The number of hydrogen-bond acceptors (Lipinski definition) is 8. The molecule has 0 heterocycles. The number of phosphoric acid groups is 1. The van der Waals surface area contributed by atoms with Crippen molar-refractivity contribution in [3.63, 3.8) is 0 Å². The van der Waals surface area contributed by atoms with Crippen LogP contribution in [0.4, 0.5) is 0 Å². The normalized spacial score (nSPS) is 13.9. The van der Waals surface area contributed by atoms with Crippen LogP contribution in [0.1, 0.15) is 168 Å². The number of hydrogen-bond donors (Lipinski definition) is 2. The van der Waals surface area contributed by atoms with Gasteiger partial charge in [0.15, 0.2) is 6.10 Å². The third-order valence-corrected chi connectivity index (χ3v) is 9.23. The number of carbonyl (C=O) groups excluding carboxylic acids is 2. The molecule has 0 radical (unpaired) electrons. The van der Waals surface area contributed by atoms with Gasteiger partial charge < -0.3 is 20.1 Å². The molecule has 0 aromatic carbocycles. The van der Waals surface area contributed by atoms with Crippen molar-refractivity contribution in [3.8, 4) is 0 Å². The van der Waals surface area contributed by atoms with Gasteiger partial charge in [-0.15, -0.1) is 0 Å². The molecule has 0 aromatic rings. The average Bonchev–Trinajstić information content (AvgIpc) is 3.11. The van der Waals surface area contributed by atoms with Crippen LogP contribution in [0.25, 0.3) is 0 Å². The van der Waals surface area contributed by atoms with Gasteiger partial charge in [0, 0.05) is 19.4 Å². The fourth-order valence-corrected chi connectivity index (χ4v) is 5.97. The lowest BCUT2D eigenvalue weighted by Crippen LogP contribution is -2.29. The molecule has 1 unspecified atom stereocenters. The van der Waals surface area contributed by atoms with Crippen molar-refractivity contribution in [1.82, 2.24) is 0 Å². The first-order valence-corrected chi connectivity index (χ1v) is 21.6. The predicted octanol–water partition coefficient (Wildman–Crippen LogP) is 11.2. The molecule has 0 spiro atoms. The molecular formula is C41H74NO8P. The maximum atomic E-state index is 12.5. The number of esters is 2. The summed E-state index contributed by atoms with van der Waals surface area (Å²) in [6.07, 6.45) is 41.3. The summed E-state index contributed by atoms with van der Waals surface area (Å²) < 4.78 is 32.7. The van der Waals surface area contributed by atoms with Gasteiger partial charge in [0.2, 0.25) is 0 Å². The molecule has 0 aliphatic heterocycles. The maximum Gasteiger partial charge on any atom is 0.472 e. The van der Waals surface area contributed by atoms with Crippen molar-refractivity contribution >= 4 is 19.8 Å². The summed E-state index contributed by atoms with van der Waals surface area (Å²) >= 11 is 0. The Bertz CT molecular complexity index is 981. The van der Waals surface area contributed by atoms with Crippen LogP contribution in [0.2, 0.25) is 0 Å². The molecule has 0 saturated heterocycles. The van der Waals surface area contributed by atoms with E-state index in [0.717, 1.165) is 77.0 Å². The molecule has 3 N–H and O–H groups in total. The van der Waals surface area contributed by atoms with Gasteiger partial charge in [-0.2, -0.15) is 0 Å². The highest BCUT2D eigenvalue weighted by atomic mass is 31.2. The summed E-state index contributed by atoms with van der Waals surface area (Å²) in [5.41, 5.74) is 5.33. The fourth-order valence-electron chi connectivity index (χ4n) is 5.20. The number of phosphoric ester groups is 1. The van der Waals surface area contributed by atoms with Gasteiger partial charge >= 0.3 is 19.8 Å². The Labute approximate surface area is 311 Å². The largest absolute Gasteiger partial charge is 0.472 e. The summed E-state index contributed by atoms with van der Waals surface area (Å²) in [7, 11) is -4.38. The first-order valence-electron chi connectivity index (χ1n) is 20.1. The number of allylic oxidation sites excluding steroid dienone is 8. The Hall–Kier alpha value is -2.03. The molecule has 296 valence electrons. The quantitative estimate of drug-likeness (QED) is 0.0276. The fraction of sp³-hybridized carbons (Fsp3) is 0.756. The van der Waals surface area contributed by atoms with Crippen LogP contribution in [0, 0.1) is 0 Å². The van der Waals surface area contributed by atoms with Gasteiger partial charge in [0.05, 0.1) is 13.2 Å². The Morgan fingerprint density at radius 1 is 0.588 bits per heavy atom. The average molecular weight is 740 g/mol. The zero-order chi connectivity index (χ0) is 37.5. The highest BCUT2D eigenvalue weighted by molar-refractivity contribution is 7.47. The van der Waals surface area contributed by atoms with E-state index in [1.165, 1.54) is 51.4 Å². The van der Waals surface area contributed by atoms with E-state index in [9.17, 15) is 19.0 Å². The molecule has 0 amide bonds. The number of ether oxygens (including phenoxy) is 2. The van der Waals surface area contributed by atoms with E-state index in [1.54, 1.807) is 0 Å². The first-order chi connectivity index (χ1) is 24.8. The minimum absolute atomic E-state index is 0.0468. The smallest absolute Gasteiger partial charge is 0.462 e. The van der Waals surface area contributed by atoms with Crippen molar-refractivity contribution in [2.24, 2.45) is 5.73 Å². The van der Waals surface area contributed by atoms with Crippen LogP contribution in [-0.2, 0) is 32.7 Å². The van der Waals surface area contributed by atoms with Crippen molar-refractivity contribution in [1.29, 1.82) is 0 Å². The Morgan fingerprint density at radius 2 is 1.00 bits per heavy atom. The van der Waals surface area contributed by atoms with E-state index in [-0.39, 0.29) is 32.6 Å². The molecule has 0 aliphatic carbocycles. The minimum atomic E-state index is -4.38. The number of unbranched alkanes of at least 4 members (excludes halogenated alkanes) is 18. The second-order valence-electron chi connectivity index (χ2n) is 13.2. The molecule has 0 saturated carbocycles. The van der Waals surface area contributed by atoms with Gasteiger partial charge in [-0.3, -0.25) is 18.6 Å². The predicted molar refractivity (Wildman–Crippen MR) is 210 cm³/mol. The van der Waals surface area contributed by atoms with Crippen molar-refractivity contribution in [3.05, 3.63) is 48.6 Å². The summed E-state index contributed by atoms with van der Waals surface area (Å²) in [6, 6.07) is 0. The van der Waals surface area contributed by atoms with Crippen molar-refractivity contribution in [2.75, 3.05) is 26.4 Å². The molecule has 0 rings (SSSR count). The van der Waals surface area contributed by atoms with E-state index in [4.69, 9.17) is 24.3 Å². The lowest BCUT2D eigenvalue weighted by atomic mass is 10.1. The Morgan fingerprint density at radius 3 is 1.45 bits per heavy atom. The SMILES string of the molecule is CCCCCC/C=C/C=C/CCCCCCCC(=O)OC[C@H](COP(=O)(O)OCCN)OC(=O)CCCCCCC/C=C/C=C/CCCCCC. The van der Waals surface area contributed by atoms with Crippen molar-refractivity contribution in [2.45, 2.75) is 174 Å². The highest BCUT2D eigenvalue weighted by Gasteiger charge is 2.25. The van der Waals surface area contributed by atoms with Crippen LogP contribution in [0.3, 0.4) is 0 Å². The first kappa shape index (κ1) is 49.0. The second-order valence-corrected chi connectivity index (χ2v) is 14.7. The maximum absolute atomic E-state index is 12.5. The molecule has 0 aromatic heterocycles. The van der Waals surface area contributed by atoms with Gasteiger partial charge in [-0.05, 0) is 64.2 Å². The van der Waals surface area contributed by atoms with Gasteiger partial charge in [0.25, 0.3) is 0 Å². The molecule has 2 atom stereocenters. The molecule has 10 heteroatoms. The summed E-state index contributed by atoms with van der Waals surface area (Å²) in [5, 5.41) is 0. The summed E-state index contributed by atoms with van der Waals surface area (Å²) in [4.78, 5) is 34.8. The van der Waals surface area contributed by atoms with Crippen LogP contribution < -0.4 is 5.73 Å². The molecule has 0 bridgehead atoms. The van der Waals surface area contributed by atoms with E-state index in [2.05, 4.69) is 62.5 Å². The Balaban J connectivity index is 4.27. The molecule has 51 heavy (non-hydrogen) atoms. The zero-order valence-corrected chi connectivity index (χ0v) is 33.2. The monoisotopic (exact) mass is 740 g/mol. The lowest BCUT2D eigenvalue weighted by Gasteiger charge is -2.19. The number of carbonyl (C=O) groups is 2. The van der Waals surface area contributed by atoms with Crippen LogP contribution in [0.15, 0.2) is 48.6 Å². The third-order valence-electron chi connectivity index (χ3n) is 8.24. The molecule has 0 fully saturated rings. The van der Waals surface area contributed by atoms with E-state index in [0.29, 0.717) is 12.8 Å².